The Morgan fingerprint density at radius 2 is 1.24 bits per heavy atom. The molecule has 11 nitrogen and oxygen atoms in total. The van der Waals surface area contributed by atoms with E-state index in [0.29, 0.717) is 17.2 Å². The van der Waals surface area contributed by atoms with Crippen LogP contribution in [0.3, 0.4) is 0 Å². The predicted molar refractivity (Wildman–Crippen MR) is 228 cm³/mol. The van der Waals surface area contributed by atoms with Crippen molar-refractivity contribution < 1.29 is 38.4 Å². The van der Waals surface area contributed by atoms with Crippen molar-refractivity contribution in [3.05, 3.63) is 159 Å². The first-order valence-corrected chi connectivity index (χ1v) is 18.7. The molecule has 0 radical (unpaired) electrons. The first-order valence-electron chi connectivity index (χ1n) is 18.7. The summed E-state index contributed by atoms with van der Waals surface area (Å²) in [6.45, 7) is 15.2. The van der Waals surface area contributed by atoms with Crippen LogP contribution < -0.4 is 4.74 Å². The molecule has 0 amide bonds. The van der Waals surface area contributed by atoms with Gasteiger partial charge in [0.2, 0.25) is 0 Å². The highest BCUT2D eigenvalue weighted by atomic mass is 16.6. The Morgan fingerprint density at radius 1 is 0.712 bits per heavy atom. The molecule has 0 saturated carbocycles. The number of ether oxygens (including phenoxy) is 4. The van der Waals surface area contributed by atoms with E-state index in [-0.39, 0.29) is 37.1 Å². The van der Waals surface area contributed by atoms with E-state index in [2.05, 4.69) is 19.7 Å². The van der Waals surface area contributed by atoms with Crippen molar-refractivity contribution in [1.29, 1.82) is 0 Å². The van der Waals surface area contributed by atoms with Gasteiger partial charge in [0.05, 0.1) is 11.0 Å². The molecule has 0 aliphatic carbocycles. The molecule has 1 aromatic heterocycles. The number of allylic oxidation sites excluding steroid dienone is 5. The van der Waals surface area contributed by atoms with Crippen LogP contribution in [-0.2, 0) is 28.6 Å². The monoisotopic (exact) mass is 791 g/mol. The van der Waals surface area contributed by atoms with Crippen molar-refractivity contribution in [2.75, 3.05) is 19.8 Å². The van der Waals surface area contributed by atoms with Crippen LogP contribution in [0.2, 0.25) is 0 Å². The molecule has 0 bridgehead atoms. The highest BCUT2D eigenvalue weighted by Gasteiger charge is 2.31. The van der Waals surface area contributed by atoms with Gasteiger partial charge in [0.25, 0.3) is 0 Å². The van der Waals surface area contributed by atoms with Gasteiger partial charge < -0.3 is 24.1 Å². The molecule has 0 aliphatic heterocycles. The summed E-state index contributed by atoms with van der Waals surface area (Å²) in [5.74, 6) is -1.17. The zero-order valence-corrected chi connectivity index (χ0v) is 33.2. The number of rotatable bonds is 18. The molecule has 5 rings (SSSR count). The molecule has 5 aromatic rings. The van der Waals surface area contributed by atoms with Gasteiger partial charge in [-0.1, -0.05) is 123 Å². The van der Waals surface area contributed by atoms with Crippen molar-refractivity contribution in [1.82, 2.24) is 15.0 Å². The van der Waals surface area contributed by atoms with Gasteiger partial charge in [0.1, 0.15) is 31.3 Å². The maximum absolute atomic E-state index is 13.0. The van der Waals surface area contributed by atoms with Crippen LogP contribution in [0.15, 0.2) is 153 Å². The fourth-order valence-electron chi connectivity index (χ4n) is 5.53. The number of phenols is 1. The topological polar surface area (TPSA) is 147 Å². The third-order valence-corrected chi connectivity index (χ3v) is 8.88. The van der Waals surface area contributed by atoms with Gasteiger partial charge in [0, 0.05) is 29.3 Å². The van der Waals surface area contributed by atoms with Crippen molar-refractivity contribution in [3.63, 3.8) is 0 Å². The van der Waals surface area contributed by atoms with E-state index in [1.165, 1.54) is 13.0 Å². The molecule has 0 saturated heterocycles. The number of phenolic OH excluding ortho intramolecular Hbond substituents is 1. The molecular formula is C48H45N3O8. The minimum atomic E-state index is -1.12. The number of aromatic hydroxyl groups is 1. The number of carbonyl (C=O) groups excluding carboxylic acids is 3. The molecule has 0 aliphatic rings. The van der Waals surface area contributed by atoms with Gasteiger partial charge >= 0.3 is 17.9 Å². The number of nitrogens with zero attached hydrogens (tertiary/aromatic N) is 3. The largest absolute Gasteiger partial charge is 0.507 e. The van der Waals surface area contributed by atoms with Gasteiger partial charge in [-0.2, -0.15) is 0 Å². The number of hydrogen-bond acceptors (Lipinski definition) is 11. The summed E-state index contributed by atoms with van der Waals surface area (Å²) in [7, 11) is 0. The first-order chi connectivity index (χ1) is 28.4. The highest BCUT2D eigenvalue weighted by molar-refractivity contribution is 5.82. The number of esters is 3. The minimum absolute atomic E-state index is 0.170. The summed E-state index contributed by atoms with van der Waals surface area (Å²) in [5, 5.41) is 11.3. The number of carbonyl (C=O) groups is 3. The molecule has 59 heavy (non-hydrogen) atoms. The Balaban J connectivity index is 1.39. The van der Waals surface area contributed by atoms with E-state index in [9.17, 15) is 19.5 Å². The third kappa shape index (κ3) is 11.8. The minimum Gasteiger partial charge on any atom is -0.507 e. The van der Waals surface area contributed by atoms with Crippen molar-refractivity contribution in [2.45, 2.75) is 26.9 Å². The standard InChI is InChI=1S/C48H45N3O8/c1-7-10-12-15-32(4)34-18-22-37(23-19-34)44-49-45(38-24-20-36(21-25-38)35-16-13-11-14-17-35)51-46(50-44)40-27-26-39(28-41(40)52)59-33(5)47(55)58-31-48(6,29-56-42(53)8-2)30-57-43(54)9-3/h7-28,33,52H,2-4,29-31H2,1,5-6H3/b10-7-,15-12-. The summed E-state index contributed by atoms with van der Waals surface area (Å²) < 4.78 is 21.6. The summed E-state index contributed by atoms with van der Waals surface area (Å²) in [4.78, 5) is 50.8. The molecule has 11 heteroatoms. The van der Waals surface area contributed by atoms with Gasteiger partial charge in [-0.05, 0) is 55.2 Å². The summed E-state index contributed by atoms with van der Waals surface area (Å²) in [6, 6.07) is 30.1. The van der Waals surface area contributed by atoms with E-state index >= 15 is 0 Å². The lowest BCUT2D eigenvalue weighted by atomic mass is 9.94. The van der Waals surface area contributed by atoms with Crippen LogP contribution in [0.25, 0.3) is 50.9 Å². The maximum Gasteiger partial charge on any atom is 0.347 e. The molecule has 4 aromatic carbocycles. The second-order valence-corrected chi connectivity index (χ2v) is 13.7. The summed E-state index contributed by atoms with van der Waals surface area (Å²) >= 11 is 0. The molecule has 1 N–H and O–H groups in total. The van der Waals surface area contributed by atoms with Crippen molar-refractivity contribution >= 4 is 23.5 Å². The zero-order chi connectivity index (χ0) is 42.4. The lowest BCUT2D eigenvalue weighted by molar-refractivity contribution is -0.161. The second kappa shape index (κ2) is 20.1. The highest BCUT2D eigenvalue weighted by Crippen LogP contribution is 2.34. The number of hydrogen-bond donors (Lipinski definition) is 1. The SMILES string of the molecule is C=CC(=O)OCC(C)(COC(=O)C=C)COC(=O)C(C)Oc1ccc(-c2nc(-c3ccc(C(=C)/C=C\C=C/C)cc3)nc(-c3ccc(-c4ccccc4)cc3)n2)c(O)c1. The zero-order valence-electron chi connectivity index (χ0n) is 33.2. The Kier molecular flexibility index (Phi) is 14.6. The molecule has 300 valence electrons. The molecule has 1 heterocycles. The molecule has 0 fully saturated rings. The van der Waals surface area contributed by atoms with Crippen LogP contribution in [0.1, 0.15) is 26.3 Å². The Morgan fingerprint density at radius 3 is 1.80 bits per heavy atom. The number of benzene rings is 4. The van der Waals surface area contributed by atoms with Crippen LogP contribution in [0.4, 0.5) is 0 Å². The molecular weight excluding hydrogens is 747 g/mol. The first kappa shape index (κ1) is 42.7. The van der Waals surface area contributed by atoms with Gasteiger partial charge in [-0.15, -0.1) is 0 Å². The average molecular weight is 792 g/mol. The van der Waals surface area contributed by atoms with Crippen LogP contribution in [0, 0.1) is 5.41 Å². The third-order valence-electron chi connectivity index (χ3n) is 8.88. The van der Waals surface area contributed by atoms with E-state index in [1.807, 2.05) is 110 Å². The summed E-state index contributed by atoms with van der Waals surface area (Å²) in [5.41, 5.74) is 4.58. The fourth-order valence-corrected chi connectivity index (χ4v) is 5.53. The van der Waals surface area contributed by atoms with Gasteiger partial charge in [-0.3, -0.25) is 0 Å². The Labute approximate surface area is 343 Å². The van der Waals surface area contributed by atoms with Crippen molar-refractivity contribution in [2.24, 2.45) is 5.41 Å². The Bertz CT molecular complexity index is 2340. The van der Waals surface area contributed by atoms with E-state index in [0.717, 1.165) is 45.5 Å². The maximum atomic E-state index is 13.0. The number of aromatic nitrogens is 3. The van der Waals surface area contributed by atoms with Crippen LogP contribution in [0.5, 0.6) is 11.5 Å². The Hall–Kier alpha value is -7.40. The van der Waals surface area contributed by atoms with Gasteiger partial charge in [0.15, 0.2) is 23.6 Å². The molecule has 0 spiro atoms. The predicted octanol–water partition coefficient (Wildman–Crippen LogP) is 9.17. The molecule has 1 atom stereocenters. The molecule has 1 unspecified atom stereocenters. The van der Waals surface area contributed by atoms with Crippen molar-refractivity contribution in [3.8, 4) is 56.8 Å². The normalized spacial score (nSPS) is 11.8. The fraction of sp³-hybridized carbons (Fsp3) is 0.167. The van der Waals surface area contributed by atoms with Crippen LogP contribution in [-0.4, -0.2) is 63.9 Å². The lowest BCUT2D eigenvalue weighted by Crippen LogP contribution is -2.38. The van der Waals surface area contributed by atoms with E-state index in [4.69, 9.17) is 33.9 Å². The van der Waals surface area contributed by atoms with E-state index < -0.39 is 29.4 Å². The smallest absolute Gasteiger partial charge is 0.347 e. The van der Waals surface area contributed by atoms with Crippen LogP contribution >= 0.6 is 0 Å². The summed E-state index contributed by atoms with van der Waals surface area (Å²) in [6.07, 6.45) is 8.59. The lowest BCUT2D eigenvalue weighted by Gasteiger charge is -2.28. The second-order valence-electron chi connectivity index (χ2n) is 13.7. The quantitative estimate of drug-likeness (QED) is 0.0392. The van der Waals surface area contributed by atoms with Gasteiger partial charge in [-0.25, -0.2) is 29.3 Å². The van der Waals surface area contributed by atoms with E-state index in [1.54, 1.807) is 19.1 Å². The average Bonchev–Trinajstić information content (AvgIpc) is 3.27.